The second-order valence-corrected chi connectivity index (χ2v) is 4.47. The number of aromatic nitrogens is 1. The van der Waals surface area contributed by atoms with E-state index < -0.39 is 0 Å². The van der Waals surface area contributed by atoms with Crippen molar-refractivity contribution in [2.75, 3.05) is 13.6 Å². The topological polar surface area (TPSA) is 59.2 Å². The normalized spacial score (nSPS) is 16.9. The molecule has 1 aromatic heterocycles. The van der Waals surface area contributed by atoms with Crippen LogP contribution in [0.5, 0.6) is 0 Å². The predicted octanol–water partition coefficient (Wildman–Crippen LogP) is 0.779. The van der Waals surface area contributed by atoms with Gasteiger partial charge >= 0.3 is 0 Å². The molecule has 0 spiro atoms. The molecule has 0 bridgehead atoms. The van der Waals surface area contributed by atoms with Gasteiger partial charge in [0, 0.05) is 19.8 Å². The highest BCUT2D eigenvalue weighted by molar-refractivity contribution is 5.85. The predicted molar refractivity (Wildman–Crippen MR) is 61.4 cm³/mol. The molecule has 2 N–H and O–H groups in total. The van der Waals surface area contributed by atoms with Gasteiger partial charge in [0.25, 0.3) is 0 Å². The van der Waals surface area contributed by atoms with Crippen LogP contribution in [0.2, 0.25) is 0 Å². The Bertz CT molecular complexity index is 373. The molecule has 0 atom stereocenters. The van der Waals surface area contributed by atoms with E-state index in [1.54, 1.807) is 11.1 Å². The van der Waals surface area contributed by atoms with Gasteiger partial charge in [0.2, 0.25) is 5.91 Å². The van der Waals surface area contributed by atoms with Gasteiger partial charge in [-0.2, -0.15) is 0 Å². The smallest absolute Gasteiger partial charge is 0.230 e. The van der Waals surface area contributed by atoms with E-state index in [-0.39, 0.29) is 11.3 Å². The lowest BCUT2D eigenvalue weighted by Gasteiger charge is -2.22. The molecule has 0 aromatic carbocycles. The number of hydrogen-bond acceptors (Lipinski definition) is 3. The Kier molecular flexibility index (Phi) is 2.92. The monoisotopic (exact) mass is 219 g/mol. The van der Waals surface area contributed by atoms with E-state index in [1.807, 2.05) is 25.2 Å². The van der Waals surface area contributed by atoms with Crippen LogP contribution in [0.25, 0.3) is 0 Å². The molecule has 0 saturated heterocycles. The summed E-state index contributed by atoms with van der Waals surface area (Å²) in [5.41, 5.74) is 6.29. The molecule has 1 aliphatic rings. The molecule has 1 saturated carbocycles. The molecular weight excluding hydrogens is 202 g/mol. The zero-order valence-electron chi connectivity index (χ0n) is 9.52. The molecular formula is C12H17N3O. The maximum Gasteiger partial charge on any atom is 0.230 e. The largest absolute Gasteiger partial charge is 0.339 e. The zero-order chi connectivity index (χ0) is 11.6. The molecule has 4 nitrogen and oxygen atoms in total. The Balaban J connectivity index is 1.99. The molecule has 1 aliphatic carbocycles. The van der Waals surface area contributed by atoms with Crippen LogP contribution in [0, 0.1) is 5.41 Å². The average Bonchev–Trinajstić information content (AvgIpc) is 3.10. The van der Waals surface area contributed by atoms with Crippen LogP contribution < -0.4 is 5.73 Å². The molecule has 16 heavy (non-hydrogen) atoms. The minimum Gasteiger partial charge on any atom is -0.339 e. The van der Waals surface area contributed by atoms with Crippen molar-refractivity contribution in [3.63, 3.8) is 0 Å². The Labute approximate surface area is 95.5 Å². The number of nitrogens with zero attached hydrogens (tertiary/aromatic N) is 2. The molecule has 86 valence electrons. The molecule has 1 heterocycles. The van der Waals surface area contributed by atoms with E-state index in [4.69, 9.17) is 5.73 Å². The Morgan fingerprint density at radius 3 is 2.81 bits per heavy atom. The molecule has 0 unspecified atom stereocenters. The van der Waals surface area contributed by atoms with E-state index in [9.17, 15) is 4.79 Å². The lowest BCUT2D eigenvalue weighted by molar-refractivity contribution is -0.135. The van der Waals surface area contributed by atoms with Crippen molar-refractivity contribution in [1.29, 1.82) is 0 Å². The van der Waals surface area contributed by atoms with Gasteiger partial charge in [-0.3, -0.25) is 9.78 Å². The van der Waals surface area contributed by atoms with E-state index in [2.05, 4.69) is 4.98 Å². The van der Waals surface area contributed by atoms with Crippen molar-refractivity contribution in [2.45, 2.75) is 19.4 Å². The van der Waals surface area contributed by atoms with Crippen LogP contribution in [-0.2, 0) is 11.3 Å². The SMILES string of the molecule is CN(Cc1ccccn1)C(=O)C1(CN)CC1. The van der Waals surface area contributed by atoms with Crippen LogP contribution in [0.4, 0.5) is 0 Å². The lowest BCUT2D eigenvalue weighted by atomic mass is 10.1. The van der Waals surface area contributed by atoms with Crippen molar-refractivity contribution in [3.05, 3.63) is 30.1 Å². The summed E-state index contributed by atoms with van der Waals surface area (Å²) in [5, 5.41) is 0. The van der Waals surface area contributed by atoms with Gasteiger partial charge < -0.3 is 10.6 Å². The first kappa shape index (κ1) is 11.1. The summed E-state index contributed by atoms with van der Waals surface area (Å²) >= 11 is 0. The van der Waals surface area contributed by atoms with Gasteiger partial charge in [0.15, 0.2) is 0 Å². The third kappa shape index (κ3) is 2.07. The van der Waals surface area contributed by atoms with E-state index in [1.165, 1.54) is 0 Å². The van der Waals surface area contributed by atoms with Crippen LogP contribution >= 0.6 is 0 Å². The number of pyridine rings is 1. The maximum absolute atomic E-state index is 12.1. The van der Waals surface area contributed by atoms with E-state index in [0.29, 0.717) is 13.1 Å². The third-order valence-electron chi connectivity index (χ3n) is 3.17. The summed E-state index contributed by atoms with van der Waals surface area (Å²) in [4.78, 5) is 18.0. The first-order chi connectivity index (χ1) is 7.68. The van der Waals surface area contributed by atoms with Crippen molar-refractivity contribution in [1.82, 2.24) is 9.88 Å². The summed E-state index contributed by atoms with van der Waals surface area (Å²) < 4.78 is 0. The lowest BCUT2D eigenvalue weighted by Crippen LogP contribution is -2.37. The first-order valence-electron chi connectivity index (χ1n) is 5.53. The standard InChI is InChI=1S/C12H17N3O/c1-15(8-10-4-2-3-7-14-10)11(16)12(9-13)5-6-12/h2-4,7H,5-6,8-9,13H2,1H3. The zero-order valence-corrected chi connectivity index (χ0v) is 9.52. The quantitative estimate of drug-likeness (QED) is 0.814. The first-order valence-corrected chi connectivity index (χ1v) is 5.53. The summed E-state index contributed by atoms with van der Waals surface area (Å²) in [6.45, 7) is 1.01. The number of nitrogens with two attached hydrogens (primary N) is 1. The average molecular weight is 219 g/mol. The van der Waals surface area contributed by atoms with E-state index >= 15 is 0 Å². The summed E-state index contributed by atoms with van der Waals surface area (Å²) in [7, 11) is 1.81. The minimum atomic E-state index is -0.260. The molecule has 4 heteroatoms. The number of hydrogen-bond donors (Lipinski definition) is 1. The fraction of sp³-hybridized carbons (Fsp3) is 0.500. The van der Waals surface area contributed by atoms with Crippen LogP contribution in [0.15, 0.2) is 24.4 Å². The highest BCUT2D eigenvalue weighted by Gasteiger charge is 2.49. The van der Waals surface area contributed by atoms with Gasteiger partial charge in [-0.05, 0) is 25.0 Å². The molecule has 0 radical (unpaired) electrons. The second-order valence-electron chi connectivity index (χ2n) is 4.47. The maximum atomic E-state index is 12.1. The van der Waals surface area contributed by atoms with Crippen molar-refractivity contribution in [2.24, 2.45) is 11.1 Å². The third-order valence-corrected chi connectivity index (χ3v) is 3.17. The van der Waals surface area contributed by atoms with Crippen molar-refractivity contribution in [3.8, 4) is 0 Å². The molecule has 2 rings (SSSR count). The summed E-state index contributed by atoms with van der Waals surface area (Å²) in [6.07, 6.45) is 3.59. The Morgan fingerprint density at radius 2 is 2.31 bits per heavy atom. The minimum absolute atomic E-state index is 0.153. The molecule has 1 fully saturated rings. The highest BCUT2D eigenvalue weighted by atomic mass is 16.2. The fourth-order valence-electron chi connectivity index (χ4n) is 1.87. The summed E-state index contributed by atoms with van der Waals surface area (Å²) in [6, 6.07) is 5.72. The van der Waals surface area contributed by atoms with E-state index in [0.717, 1.165) is 18.5 Å². The van der Waals surface area contributed by atoms with Crippen LogP contribution in [0.3, 0.4) is 0 Å². The van der Waals surface area contributed by atoms with Gasteiger partial charge in [-0.15, -0.1) is 0 Å². The number of carbonyl (C=O) groups excluding carboxylic acids is 1. The van der Waals surface area contributed by atoms with Crippen molar-refractivity contribution >= 4 is 5.91 Å². The second kappa shape index (κ2) is 4.22. The fourth-order valence-corrected chi connectivity index (χ4v) is 1.87. The molecule has 1 aromatic rings. The van der Waals surface area contributed by atoms with Gasteiger partial charge in [0.05, 0.1) is 17.7 Å². The van der Waals surface area contributed by atoms with Crippen LogP contribution in [-0.4, -0.2) is 29.4 Å². The van der Waals surface area contributed by atoms with Gasteiger partial charge in [0.1, 0.15) is 0 Å². The van der Waals surface area contributed by atoms with Crippen molar-refractivity contribution < 1.29 is 4.79 Å². The number of carbonyl (C=O) groups is 1. The van der Waals surface area contributed by atoms with Gasteiger partial charge in [-0.25, -0.2) is 0 Å². The summed E-state index contributed by atoms with van der Waals surface area (Å²) in [5.74, 6) is 0.153. The molecule has 0 aliphatic heterocycles. The molecule has 1 amide bonds. The highest BCUT2D eigenvalue weighted by Crippen LogP contribution is 2.46. The van der Waals surface area contributed by atoms with Gasteiger partial charge in [-0.1, -0.05) is 6.07 Å². The Morgan fingerprint density at radius 1 is 1.56 bits per heavy atom. The van der Waals surface area contributed by atoms with Crippen LogP contribution in [0.1, 0.15) is 18.5 Å². The number of rotatable bonds is 4. The Hall–Kier alpha value is -1.42. The number of amides is 1.